The van der Waals surface area contributed by atoms with Gasteiger partial charge in [-0.2, -0.15) is 11.8 Å². The number of carbonyl (C=O) groups excluding carboxylic acids is 1. The van der Waals surface area contributed by atoms with Crippen LogP contribution in [0, 0.1) is 0 Å². The Morgan fingerprint density at radius 1 is 1.33 bits per heavy atom. The number of aromatic nitrogens is 1. The number of amides is 1. The van der Waals surface area contributed by atoms with Crippen molar-refractivity contribution in [2.75, 3.05) is 18.6 Å². The van der Waals surface area contributed by atoms with Crippen LogP contribution in [0.15, 0.2) is 12.1 Å². The van der Waals surface area contributed by atoms with Crippen molar-refractivity contribution in [3.63, 3.8) is 0 Å². The molecule has 4 nitrogen and oxygen atoms in total. The maximum Gasteiger partial charge on any atom is 0.251 e. The van der Waals surface area contributed by atoms with Gasteiger partial charge in [0, 0.05) is 29.6 Å². The van der Waals surface area contributed by atoms with Crippen molar-refractivity contribution in [3.8, 4) is 0 Å². The Morgan fingerprint density at radius 3 is 2.62 bits per heavy atom. The minimum absolute atomic E-state index is 0.0243. The molecule has 1 aromatic heterocycles. The molecular formula is C16H25N3OS. The third kappa shape index (κ3) is 4.37. The largest absolute Gasteiger partial charge is 0.373 e. The van der Waals surface area contributed by atoms with Gasteiger partial charge in [-0.3, -0.25) is 4.79 Å². The second-order valence-electron chi connectivity index (χ2n) is 5.52. The zero-order chi connectivity index (χ0) is 15.2. The van der Waals surface area contributed by atoms with Gasteiger partial charge in [-0.15, -0.1) is 0 Å². The number of nitrogens with zero attached hydrogens (tertiary/aromatic N) is 1. The molecule has 0 unspecified atom stereocenters. The molecular weight excluding hydrogens is 282 g/mol. The summed E-state index contributed by atoms with van der Waals surface area (Å²) >= 11 is 1.94. The molecule has 0 aromatic carbocycles. The van der Waals surface area contributed by atoms with Crippen LogP contribution in [0.2, 0.25) is 0 Å². The molecule has 1 aliphatic carbocycles. The van der Waals surface area contributed by atoms with E-state index in [1.165, 1.54) is 12.8 Å². The first-order valence-corrected chi connectivity index (χ1v) is 8.97. The zero-order valence-corrected chi connectivity index (χ0v) is 13.9. The lowest BCUT2D eigenvalue weighted by Crippen LogP contribution is -2.38. The van der Waals surface area contributed by atoms with Gasteiger partial charge >= 0.3 is 0 Å². The molecule has 1 heterocycles. The maximum atomic E-state index is 12.4. The number of hydrogen-bond donors (Lipinski definition) is 2. The summed E-state index contributed by atoms with van der Waals surface area (Å²) in [6, 6.07) is 4.03. The molecule has 1 aromatic rings. The van der Waals surface area contributed by atoms with Crippen molar-refractivity contribution in [1.29, 1.82) is 0 Å². The highest BCUT2D eigenvalue weighted by Crippen LogP contribution is 2.27. The number of pyridine rings is 1. The first kappa shape index (κ1) is 16.1. The van der Waals surface area contributed by atoms with Crippen molar-refractivity contribution >= 4 is 23.5 Å². The number of hydrogen-bond acceptors (Lipinski definition) is 4. The number of thioether (sulfide) groups is 1. The first-order valence-electron chi connectivity index (χ1n) is 7.68. The molecule has 1 aliphatic rings. The predicted molar refractivity (Wildman–Crippen MR) is 90.2 cm³/mol. The molecule has 0 bridgehead atoms. The van der Waals surface area contributed by atoms with Gasteiger partial charge in [0.05, 0.1) is 0 Å². The van der Waals surface area contributed by atoms with E-state index >= 15 is 0 Å². The number of nitrogens with one attached hydrogen (secondary N) is 2. The molecule has 0 atom stereocenters. The van der Waals surface area contributed by atoms with Gasteiger partial charge in [-0.25, -0.2) is 4.98 Å². The van der Waals surface area contributed by atoms with Crippen LogP contribution >= 0.6 is 11.8 Å². The van der Waals surface area contributed by atoms with Crippen LogP contribution in [0.3, 0.4) is 0 Å². The summed E-state index contributed by atoms with van der Waals surface area (Å²) in [6.07, 6.45) is 7.57. The lowest BCUT2D eigenvalue weighted by atomic mass is 9.94. The molecule has 1 fully saturated rings. The van der Waals surface area contributed by atoms with Crippen LogP contribution in [-0.2, 0) is 6.42 Å². The summed E-state index contributed by atoms with van der Waals surface area (Å²) in [6.45, 7) is 2.05. The van der Waals surface area contributed by atoms with Crippen molar-refractivity contribution in [2.24, 2.45) is 0 Å². The monoisotopic (exact) mass is 307 g/mol. The topological polar surface area (TPSA) is 54.0 Å². The number of rotatable bonds is 5. The van der Waals surface area contributed by atoms with Gasteiger partial charge in [-0.05, 0) is 50.5 Å². The minimum Gasteiger partial charge on any atom is -0.373 e. The lowest BCUT2D eigenvalue weighted by molar-refractivity contribution is 0.0928. The van der Waals surface area contributed by atoms with Crippen LogP contribution in [0.4, 0.5) is 5.82 Å². The summed E-state index contributed by atoms with van der Waals surface area (Å²) in [4.78, 5) is 16.9. The van der Waals surface area contributed by atoms with E-state index in [4.69, 9.17) is 0 Å². The van der Waals surface area contributed by atoms with Crippen molar-refractivity contribution < 1.29 is 4.79 Å². The summed E-state index contributed by atoms with van der Waals surface area (Å²) in [5.74, 6) is 0.779. The highest BCUT2D eigenvalue weighted by atomic mass is 32.2. The molecule has 0 saturated heterocycles. The van der Waals surface area contributed by atoms with E-state index in [0.717, 1.165) is 36.0 Å². The second-order valence-corrected chi connectivity index (χ2v) is 6.66. The fraction of sp³-hybridized carbons (Fsp3) is 0.625. The molecule has 2 N–H and O–H groups in total. The molecule has 1 amide bonds. The Hall–Kier alpha value is -1.23. The Bertz CT molecular complexity index is 462. The van der Waals surface area contributed by atoms with E-state index < -0.39 is 0 Å². The second kappa shape index (κ2) is 7.69. The molecule has 0 radical (unpaired) electrons. The van der Waals surface area contributed by atoms with E-state index in [1.54, 1.807) is 0 Å². The average Bonchev–Trinajstić information content (AvgIpc) is 2.54. The van der Waals surface area contributed by atoms with E-state index in [0.29, 0.717) is 11.6 Å². The standard InChI is InChI=1S/C16H25N3OS/c1-4-12-9-11(10-15(17-2)18-12)16(20)19-13-5-7-14(21-3)8-6-13/h9-10,13-14H,4-8H2,1-3H3,(H,17,18)(H,19,20). The van der Waals surface area contributed by atoms with Crippen LogP contribution in [0.5, 0.6) is 0 Å². The highest BCUT2D eigenvalue weighted by molar-refractivity contribution is 7.99. The Labute approximate surface area is 131 Å². The first-order chi connectivity index (χ1) is 10.2. The quantitative estimate of drug-likeness (QED) is 0.878. The minimum atomic E-state index is 0.0243. The molecule has 1 saturated carbocycles. The fourth-order valence-corrected chi connectivity index (χ4v) is 3.48. The van der Waals surface area contributed by atoms with Crippen LogP contribution in [0.1, 0.15) is 48.7 Å². The van der Waals surface area contributed by atoms with E-state index in [2.05, 4.69) is 21.9 Å². The fourth-order valence-electron chi connectivity index (χ4n) is 2.74. The van der Waals surface area contributed by atoms with Gasteiger partial charge in [-0.1, -0.05) is 6.92 Å². The van der Waals surface area contributed by atoms with E-state index in [1.807, 2.05) is 37.9 Å². The maximum absolute atomic E-state index is 12.4. The third-order valence-electron chi connectivity index (χ3n) is 4.10. The van der Waals surface area contributed by atoms with Crippen molar-refractivity contribution in [1.82, 2.24) is 10.3 Å². The van der Waals surface area contributed by atoms with Gasteiger partial charge in [0.2, 0.25) is 0 Å². The van der Waals surface area contributed by atoms with Crippen LogP contribution in [-0.4, -0.2) is 35.5 Å². The van der Waals surface area contributed by atoms with Gasteiger partial charge < -0.3 is 10.6 Å². The number of carbonyl (C=O) groups is 1. The van der Waals surface area contributed by atoms with E-state index in [-0.39, 0.29) is 5.91 Å². The number of aryl methyl sites for hydroxylation is 1. The number of anilines is 1. The SMILES string of the molecule is CCc1cc(C(=O)NC2CCC(SC)CC2)cc(NC)n1. The Morgan fingerprint density at radius 2 is 2.05 bits per heavy atom. The Kier molecular flexibility index (Phi) is 5.91. The summed E-state index contributed by atoms with van der Waals surface area (Å²) in [5, 5.41) is 6.96. The predicted octanol–water partition coefficient (Wildman–Crippen LogP) is 3.09. The van der Waals surface area contributed by atoms with Crippen molar-refractivity contribution in [3.05, 3.63) is 23.4 Å². The van der Waals surface area contributed by atoms with Crippen LogP contribution < -0.4 is 10.6 Å². The average molecular weight is 307 g/mol. The third-order valence-corrected chi connectivity index (χ3v) is 5.24. The van der Waals surface area contributed by atoms with Gasteiger partial charge in [0.25, 0.3) is 5.91 Å². The highest BCUT2D eigenvalue weighted by Gasteiger charge is 2.22. The molecule has 21 heavy (non-hydrogen) atoms. The van der Waals surface area contributed by atoms with Crippen molar-refractivity contribution in [2.45, 2.75) is 50.3 Å². The molecule has 5 heteroatoms. The summed E-state index contributed by atoms with van der Waals surface area (Å²) in [7, 11) is 1.83. The van der Waals surface area contributed by atoms with Crippen LogP contribution in [0.25, 0.3) is 0 Å². The van der Waals surface area contributed by atoms with Gasteiger partial charge in [0.15, 0.2) is 0 Å². The summed E-state index contributed by atoms with van der Waals surface area (Å²) in [5.41, 5.74) is 1.65. The molecule has 116 valence electrons. The Balaban J connectivity index is 2.00. The van der Waals surface area contributed by atoms with Gasteiger partial charge in [0.1, 0.15) is 5.82 Å². The summed E-state index contributed by atoms with van der Waals surface area (Å²) < 4.78 is 0. The smallest absolute Gasteiger partial charge is 0.251 e. The lowest BCUT2D eigenvalue weighted by Gasteiger charge is -2.28. The molecule has 0 aliphatic heterocycles. The molecule has 2 rings (SSSR count). The normalized spacial score (nSPS) is 21.9. The van der Waals surface area contributed by atoms with E-state index in [9.17, 15) is 4.79 Å². The molecule has 0 spiro atoms. The zero-order valence-electron chi connectivity index (χ0n) is 13.1.